The second kappa shape index (κ2) is 7.80. The van der Waals surface area contributed by atoms with Crippen LogP contribution in [0.25, 0.3) is 0 Å². The lowest BCUT2D eigenvalue weighted by Crippen LogP contribution is -2.32. The molecule has 0 spiro atoms. The van der Waals surface area contributed by atoms with Gasteiger partial charge in [0.1, 0.15) is 28.3 Å². The smallest absolute Gasteiger partial charge is 0.289 e. The van der Waals surface area contributed by atoms with E-state index in [0.717, 1.165) is 0 Å². The molecule has 0 saturated carbocycles. The number of nitro groups is 1. The third-order valence-electron chi connectivity index (χ3n) is 4.43. The Kier molecular flexibility index (Phi) is 5.05. The molecule has 1 unspecified atom stereocenters. The van der Waals surface area contributed by atoms with Crippen molar-refractivity contribution < 1.29 is 18.6 Å². The predicted molar refractivity (Wildman–Crippen MR) is 105 cm³/mol. The van der Waals surface area contributed by atoms with Crippen molar-refractivity contribution in [1.82, 2.24) is 5.01 Å². The molecule has 0 aliphatic carbocycles. The van der Waals surface area contributed by atoms with Crippen LogP contribution in [-0.4, -0.2) is 28.1 Å². The molecule has 2 aromatic heterocycles. The van der Waals surface area contributed by atoms with Crippen LogP contribution in [0.3, 0.4) is 0 Å². The van der Waals surface area contributed by atoms with Gasteiger partial charge < -0.3 is 14.2 Å². The fourth-order valence-corrected chi connectivity index (χ4v) is 3.24. The van der Waals surface area contributed by atoms with Crippen molar-refractivity contribution in [2.24, 2.45) is 5.10 Å². The van der Waals surface area contributed by atoms with Crippen LogP contribution in [-0.2, 0) is 4.79 Å². The quantitative estimate of drug-likeness (QED) is 0.477. The summed E-state index contributed by atoms with van der Waals surface area (Å²) in [6, 6.07) is 10.9. The Balaban J connectivity index is 1.52. The molecule has 1 aromatic carbocycles. The summed E-state index contributed by atoms with van der Waals surface area (Å²) >= 11 is 5.82. The van der Waals surface area contributed by atoms with Crippen molar-refractivity contribution in [3.63, 3.8) is 0 Å². The lowest BCUT2D eigenvalue weighted by atomic mass is 10.1. The molecule has 3 aromatic rings. The summed E-state index contributed by atoms with van der Waals surface area (Å²) in [7, 11) is 0. The van der Waals surface area contributed by atoms with Crippen LogP contribution in [0.1, 0.15) is 24.0 Å². The molecule has 148 valence electrons. The number of anilines is 1. The van der Waals surface area contributed by atoms with Crippen LogP contribution < -0.4 is 5.32 Å². The van der Waals surface area contributed by atoms with Crippen LogP contribution in [0.5, 0.6) is 0 Å². The van der Waals surface area contributed by atoms with Crippen molar-refractivity contribution in [2.75, 3.05) is 11.9 Å². The molecule has 1 aliphatic rings. The molecule has 1 N–H and O–H groups in total. The average Bonchev–Trinajstić information content (AvgIpc) is 3.47. The van der Waals surface area contributed by atoms with Crippen LogP contribution in [0.15, 0.2) is 68.9 Å². The molecule has 1 atom stereocenters. The maximum atomic E-state index is 12.8. The second-order valence-corrected chi connectivity index (χ2v) is 6.68. The van der Waals surface area contributed by atoms with Crippen molar-refractivity contribution in [1.29, 1.82) is 0 Å². The van der Waals surface area contributed by atoms with Gasteiger partial charge in [0, 0.05) is 18.2 Å². The number of nitrogens with one attached hydrogen (secondary N) is 1. The standard InChI is InChI=1S/C19H15ClN4O5/c20-13-6-5-12(9-15(13)24(26)27)21-11-19(25)23-16(18-4-2-8-29-18)10-14(22-23)17-3-1-7-28-17/h1-9,16,21H,10-11H2. The monoisotopic (exact) mass is 414 g/mol. The van der Waals surface area contributed by atoms with E-state index < -0.39 is 11.0 Å². The van der Waals surface area contributed by atoms with Crippen molar-refractivity contribution >= 4 is 34.6 Å². The first-order valence-electron chi connectivity index (χ1n) is 8.67. The van der Waals surface area contributed by atoms with E-state index in [4.69, 9.17) is 20.4 Å². The molecule has 0 bridgehead atoms. The van der Waals surface area contributed by atoms with Crippen molar-refractivity contribution in [3.8, 4) is 0 Å². The Morgan fingerprint density at radius 1 is 1.28 bits per heavy atom. The molecule has 0 radical (unpaired) electrons. The van der Waals surface area contributed by atoms with Gasteiger partial charge >= 0.3 is 0 Å². The molecular formula is C19H15ClN4O5. The van der Waals surface area contributed by atoms with Gasteiger partial charge in [-0.15, -0.1) is 0 Å². The number of carbonyl (C=O) groups is 1. The third kappa shape index (κ3) is 3.85. The zero-order valence-corrected chi connectivity index (χ0v) is 15.7. The minimum Gasteiger partial charge on any atom is -0.467 e. The molecule has 1 amide bonds. The van der Waals surface area contributed by atoms with Crippen molar-refractivity contribution in [2.45, 2.75) is 12.5 Å². The van der Waals surface area contributed by atoms with Crippen LogP contribution in [0.4, 0.5) is 11.4 Å². The molecule has 4 rings (SSSR count). The van der Waals surface area contributed by atoms with Gasteiger partial charge in [-0.3, -0.25) is 14.9 Å². The summed E-state index contributed by atoms with van der Waals surface area (Å²) in [5, 5.41) is 19.7. The zero-order chi connectivity index (χ0) is 20.4. The lowest BCUT2D eigenvalue weighted by Gasteiger charge is -2.20. The first-order chi connectivity index (χ1) is 14.0. The summed E-state index contributed by atoms with van der Waals surface area (Å²) < 4.78 is 10.9. The molecule has 1 aliphatic heterocycles. The fraction of sp³-hybridized carbons (Fsp3) is 0.158. The number of benzene rings is 1. The number of hydrazone groups is 1. The summed E-state index contributed by atoms with van der Waals surface area (Å²) in [6.45, 7) is -0.120. The van der Waals surface area contributed by atoms with Crippen LogP contribution in [0, 0.1) is 10.1 Å². The average molecular weight is 415 g/mol. The number of nitrogens with zero attached hydrogens (tertiary/aromatic N) is 3. The Hall–Kier alpha value is -3.59. The number of halogens is 1. The highest BCUT2D eigenvalue weighted by Gasteiger charge is 2.35. The van der Waals surface area contributed by atoms with E-state index in [1.807, 2.05) is 0 Å². The van der Waals surface area contributed by atoms with Gasteiger partial charge in [0.15, 0.2) is 0 Å². The zero-order valence-electron chi connectivity index (χ0n) is 14.9. The molecular weight excluding hydrogens is 400 g/mol. The number of furan rings is 2. The van der Waals surface area contributed by atoms with Gasteiger partial charge in [-0.25, -0.2) is 5.01 Å². The van der Waals surface area contributed by atoms with Crippen LogP contribution >= 0.6 is 11.6 Å². The molecule has 9 nitrogen and oxygen atoms in total. The topological polar surface area (TPSA) is 114 Å². The van der Waals surface area contributed by atoms with E-state index in [9.17, 15) is 14.9 Å². The number of carbonyl (C=O) groups excluding carboxylic acids is 1. The molecule has 29 heavy (non-hydrogen) atoms. The van der Waals surface area contributed by atoms with Crippen molar-refractivity contribution in [3.05, 3.63) is 81.6 Å². The largest absolute Gasteiger partial charge is 0.467 e. The SMILES string of the molecule is O=C(CNc1ccc(Cl)c([N+](=O)[O-])c1)N1N=C(c2ccco2)CC1c1ccco1. The molecule has 10 heteroatoms. The van der Waals surface area contributed by atoms with Gasteiger partial charge in [0.05, 0.1) is 24.0 Å². The fourth-order valence-electron chi connectivity index (χ4n) is 3.06. The van der Waals surface area contributed by atoms with E-state index in [2.05, 4.69) is 10.4 Å². The summed E-state index contributed by atoms with van der Waals surface area (Å²) in [5.41, 5.74) is 0.794. The van der Waals surface area contributed by atoms with E-state index in [-0.39, 0.29) is 23.2 Å². The first-order valence-corrected chi connectivity index (χ1v) is 9.05. The minimum absolute atomic E-state index is 0.0250. The maximum absolute atomic E-state index is 12.8. The summed E-state index contributed by atoms with van der Waals surface area (Å²) in [5.74, 6) is 0.856. The van der Waals surface area contributed by atoms with E-state index in [1.54, 1.807) is 36.6 Å². The highest BCUT2D eigenvalue weighted by Crippen LogP contribution is 2.33. The van der Waals surface area contributed by atoms with Gasteiger partial charge in [0.2, 0.25) is 0 Å². The van der Waals surface area contributed by atoms with Gasteiger partial charge in [-0.1, -0.05) is 11.6 Å². The molecule has 0 saturated heterocycles. The minimum atomic E-state index is -0.581. The van der Waals surface area contributed by atoms with E-state index in [1.165, 1.54) is 23.4 Å². The third-order valence-corrected chi connectivity index (χ3v) is 4.75. The van der Waals surface area contributed by atoms with Gasteiger partial charge in [-0.05, 0) is 36.4 Å². The Labute approximate surface area is 169 Å². The predicted octanol–water partition coefficient (Wildman–Crippen LogP) is 4.22. The highest BCUT2D eigenvalue weighted by molar-refractivity contribution is 6.32. The molecule has 3 heterocycles. The van der Waals surface area contributed by atoms with E-state index >= 15 is 0 Å². The number of hydrogen-bond donors (Lipinski definition) is 1. The number of amides is 1. The maximum Gasteiger partial charge on any atom is 0.289 e. The van der Waals surface area contributed by atoms with E-state index in [0.29, 0.717) is 29.3 Å². The van der Waals surface area contributed by atoms with Gasteiger partial charge in [0.25, 0.3) is 11.6 Å². The molecule has 0 fully saturated rings. The van der Waals surface area contributed by atoms with Gasteiger partial charge in [-0.2, -0.15) is 5.10 Å². The Bertz CT molecular complexity index is 1060. The number of nitro benzene ring substituents is 1. The second-order valence-electron chi connectivity index (χ2n) is 6.27. The Morgan fingerprint density at radius 3 is 2.76 bits per heavy atom. The normalized spacial score (nSPS) is 16.0. The number of rotatable bonds is 6. The first kappa shape index (κ1) is 18.8. The lowest BCUT2D eigenvalue weighted by molar-refractivity contribution is -0.384. The number of hydrogen-bond acceptors (Lipinski definition) is 7. The summed E-state index contributed by atoms with van der Waals surface area (Å²) in [4.78, 5) is 23.3. The van der Waals surface area contributed by atoms with Crippen LogP contribution in [0.2, 0.25) is 5.02 Å². The Morgan fingerprint density at radius 2 is 2.07 bits per heavy atom. The highest BCUT2D eigenvalue weighted by atomic mass is 35.5. The summed E-state index contributed by atoms with van der Waals surface area (Å²) in [6.07, 6.45) is 3.52.